The Labute approximate surface area is 145 Å². The maximum Gasteiger partial charge on any atom is -0.0261 e. The Morgan fingerprint density at radius 1 is 0.565 bits per heavy atom. The van der Waals surface area contributed by atoms with Crippen LogP contribution in [-0.2, 0) is 0 Å². The Kier molecular flexibility index (Phi) is 5.36. The van der Waals surface area contributed by atoms with Crippen LogP contribution in [-0.4, -0.2) is 0 Å². The molecule has 0 bridgehead atoms. The van der Waals surface area contributed by atoms with E-state index in [-0.39, 0.29) is 0 Å². The van der Waals surface area contributed by atoms with Crippen LogP contribution in [0.4, 0.5) is 0 Å². The average Bonchev–Trinajstić information content (AvgIpc) is 3.42. The number of hydrogen-bond acceptors (Lipinski definition) is 0. The van der Waals surface area contributed by atoms with Gasteiger partial charge < -0.3 is 0 Å². The van der Waals surface area contributed by atoms with Gasteiger partial charge in [0.2, 0.25) is 0 Å². The summed E-state index contributed by atoms with van der Waals surface area (Å²) in [4.78, 5) is 0. The molecular formula is C23H40. The van der Waals surface area contributed by atoms with Crippen LogP contribution in [0.2, 0.25) is 0 Å². The summed E-state index contributed by atoms with van der Waals surface area (Å²) >= 11 is 0. The predicted molar refractivity (Wildman–Crippen MR) is 99.5 cm³/mol. The van der Waals surface area contributed by atoms with Gasteiger partial charge in [-0.1, -0.05) is 96.3 Å². The molecule has 0 spiro atoms. The van der Waals surface area contributed by atoms with E-state index >= 15 is 0 Å². The molecule has 0 aromatic heterocycles. The highest BCUT2D eigenvalue weighted by Gasteiger charge is 2.48. The van der Waals surface area contributed by atoms with E-state index in [2.05, 4.69) is 0 Å². The van der Waals surface area contributed by atoms with Crippen molar-refractivity contribution in [2.24, 2.45) is 29.1 Å². The van der Waals surface area contributed by atoms with Gasteiger partial charge in [-0.25, -0.2) is 0 Å². The van der Waals surface area contributed by atoms with E-state index in [4.69, 9.17) is 0 Å². The van der Waals surface area contributed by atoms with Crippen molar-refractivity contribution in [3.05, 3.63) is 0 Å². The van der Waals surface area contributed by atoms with Gasteiger partial charge in [0, 0.05) is 0 Å². The van der Waals surface area contributed by atoms with Crippen molar-refractivity contribution in [3.8, 4) is 0 Å². The Bertz CT molecular complexity index is 330. The summed E-state index contributed by atoms with van der Waals surface area (Å²) in [6, 6.07) is 0. The third kappa shape index (κ3) is 3.82. The number of rotatable bonds is 5. The molecule has 23 heavy (non-hydrogen) atoms. The van der Waals surface area contributed by atoms with Crippen LogP contribution in [0.1, 0.15) is 116 Å². The molecule has 0 radical (unpaired) electrons. The van der Waals surface area contributed by atoms with E-state index in [1.54, 1.807) is 96.3 Å². The van der Waals surface area contributed by atoms with Crippen LogP contribution >= 0.6 is 0 Å². The van der Waals surface area contributed by atoms with E-state index in [0.717, 1.165) is 29.1 Å². The van der Waals surface area contributed by atoms with Gasteiger partial charge in [-0.15, -0.1) is 0 Å². The fourth-order valence-electron chi connectivity index (χ4n) is 7.20. The Morgan fingerprint density at radius 3 is 1.52 bits per heavy atom. The van der Waals surface area contributed by atoms with Gasteiger partial charge in [0.25, 0.3) is 0 Å². The first-order valence-electron chi connectivity index (χ1n) is 11.4. The standard InChI is InChI=1S/C23H40/c1-4-10-20(11-5-1)22(21-12-6-2-7-13-21)23(18-19-14-15-19)16-8-3-9-17-23/h19-22H,1-18H2. The lowest BCUT2D eigenvalue weighted by Gasteiger charge is -2.52. The molecular weight excluding hydrogens is 276 g/mol. The Balaban J connectivity index is 1.59. The van der Waals surface area contributed by atoms with Crippen molar-refractivity contribution in [2.75, 3.05) is 0 Å². The molecule has 0 heteroatoms. The minimum absolute atomic E-state index is 0.795. The van der Waals surface area contributed by atoms with Gasteiger partial charge in [0.15, 0.2) is 0 Å². The SMILES string of the molecule is C1CCC(C(C2CCCCC2)C2(CC3CC3)CCCCC2)CC1. The molecule has 0 atom stereocenters. The lowest BCUT2D eigenvalue weighted by Crippen LogP contribution is -2.43. The van der Waals surface area contributed by atoms with Crippen molar-refractivity contribution in [1.82, 2.24) is 0 Å². The molecule has 0 aromatic rings. The second kappa shape index (κ2) is 7.49. The summed E-state index contributed by atoms with van der Waals surface area (Å²) in [6.45, 7) is 0. The predicted octanol–water partition coefficient (Wildman–Crippen LogP) is 7.51. The maximum absolute atomic E-state index is 1.64. The van der Waals surface area contributed by atoms with Crippen molar-refractivity contribution >= 4 is 0 Å². The molecule has 0 saturated heterocycles. The van der Waals surface area contributed by atoms with E-state index in [0.29, 0.717) is 0 Å². The first-order chi connectivity index (χ1) is 11.4. The summed E-state index contributed by atoms with van der Waals surface area (Å²) in [5.74, 6) is 4.50. The first kappa shape index (κ1) is 16.5. The van der Waals surface area contributed by atoms with Crippen LogP contribution in [0.15, 0.2) is 0 Å². The molecule has 0 aliphatic heterocycles. The Morgan fingerprint density at radius 2 is 1.04 bits per heavy atom. The quantitative estimate of drug-likeness (QED) is 0.492. The van der Waals surface area contributed by atoms with Crippen LogP contribution in [0.3, 0.4) is 0 Å². The molecule has 4 fully saturated rings. The zero-order chi connectivity index (χ0) is 15.5. The summed E-state index contributed by atoms with van der Waals surface area (Å²) in [5.41, 5.74) is 0.795. The molecule has 0 aromatic carbocycles. The molecule has 4 aliphatic rings. The second-order valence-corrected chi connectivity index (χ2v) is 9.89. The third-order valence-corrected chi connectivity index (χ3v) is 8.26. The smallest absolute Gasteiger partial charge is 0.0261 e. The van der Waals surface area contributed by atoms with E-state index in [1.807, 2.05) is 0 Å². The second-order valence-electron chi connectivity index (χ2n) is 9.89. The minimum atomic E-state index is 0.795. The topological polar surface area (TPSA) is 0 Å². The van der Waals surface area contributed by atoms with Gasteiger partial charge in [-0.05, 0) is 48.3 Å². The van der Waals surface area contributed by atoms with Crippen molar-refractivity contribution < 1.29 is 0 Å². The highest BCUT2D eigenvalue weighted by Crippen LogP contribution is 2.59. The van der Waals surface area contributed by atoms with Gasteiger partial charge >= 0.3 is 0 Å². The Hall–Kier alpha value is 0. The highest BCUT2D eigenvalue weighted by atomic mass is 14.5. The van der Waals surface area contributed by atoms with Crippen LogP contribution in [0.25, 0.3) is 0 Å². The fraction of sp³-hybridized carbons (Fsp3) is 1.00. The van der Waals surface area contributed by atoms with Crippen LogP contribution in [0.5, 0.6) is 0 Å². The van der Waals surface area contributed by atoms with Gasteiger partial charge in [0.1, 0.15) is 0 Å². The molecule has 132 valence electrons. The summed E-state index contributed by atoms with van der Waals surface area (Å²) in [6.07, 6.45) is 28.3. The minimum Gasteiger partial charge on any atom is -0.0533 e. The van der Waals surface area contributed by atoms with Gasteiger partial charge in [-0.2, -0.15) is 0 Å². The van der Waals surface area contributed by atoms with Crippen molar-refractivity contribution in [2.45, 2.75) is 116 Å². The van der Waals surface area contributed by atoms with Crippen LogP contribution < -0.4 is 0 Å². The van der Waals surface area contributed by atoms with Crippen LogP contribution in [0, 0.1) is 29.1 Å². The van der Waals surface area contributed by atoms with Gasteiger partial charge in [-0.3, -0.25) is 0 Å². The molecule has 0 nitrogen and oxygen atoms in total. The lowest BCUT2D eigenvalue weighted by atomic mass is 9.53. The van der Waals surface area contributed by atoms with Crippen molar-refractivity contribution in [3.63, 3.8) is 0 Å². The molecule has 0 unspecified atom stereocenters. The van der Waals surface area contributed by atoms with Crippen molar-refractivity contribution in [1.29, 1.82) is 0 Å². The van der Waals surface area contributed by atoms with E-state index in [1.165, 1.54) is 19.3 Å². The van der Waals surface area contributed by atoms with Gasteiger partial charge in [0.05, 0.1) is 0 Å². The molecule has 0 N–H and O–H groups in total. The fourth-order valence-corrected chi connectivity index (χ4v) is 7.20. The third-order valence-electron chi connectivity index (χ3n) is 8.26. The zero-order valence-corrected chi connectivity index (χ0v) is 15.5. The largest absolute Gasteiger partial charge is 0.0533 e. The van der Waals surface area contributed by atoms with E-state index < -0.39 is 0 Å². The first-order valence-corrected chi connectivity index (χ1v) is 11.4. The number of hydrogen-bond donors (Lipinski definition) is 0. The lowest BCUT2D eigenvalue weighted by molar-refractivity contribution is -0.0251. The normalized spacial score (nSPS) is 30.7. The highest BCUT2D eigenvalue weighted by molar-refractivity contribution is 4.99. The molecule has 4 aliphatic carbocycles. The average molecular weight is 317 g/mol. The monoisotopic (exact) mass is 316 g/mol. The summed E-state index contributed by atoms with van der Waals surface area (Å²) < 4.78 is 0. The summed E-state index contributed by atoms with van der Waals surface area (Å²) in [5, 5.41) is 0. The molecule has 4 rings (SSSR count). The zero-order valence-electron chi connectivity index (χ0n) is 15.5. The molecule has 0 heterocycles. The summed E-state index contributed by atoms with van der Waals surface area (Å²) in [7, 11) is 0. The van der Waals surface area contributed by atoms with E-state index in [9.17, 15) is 0 Å². The maximum atomic E-state index is 1.64. The molecule has 0 amide bonds. The molecule has 4 saturated carbocycles.